The molecule has 5 heteroatoms. The summed E-state index contributed by atoms with van der Waals surface area (Å²) in [5.74, 6) is -1.12. The molecule has 0 aromatic heterocycles. The molecule has 0 saturated carbocycles. The smallest absolute Gasteiger partial charge is 0.126 e. The Bertz CT molecular complexity index is 593. The normalized spacial score (nSPS) is 12.4. The van der Waals surface area contributed by atoms with E-state index in [0.717, 1.165) is 22.6 Å². The monoisotopic (exact) mass is 373 g/mol. The Morgan fingerprint density at radius 3 is 2.33 bits per heavy atom. The lowest BCUT2D eigenvalue weighted by atomic mass is 9.98. The van der Waals surface area contributed by atoms with Gasteiger partial charge in [0.15, 0.2) is 0 Å². The molecule has 1 N–H and O–H groups in total. The third-order valence-electron chi connectivity index (χ3n) is 3.10. The van der Waals surface area contributed by atoms with Crippen molar-refractivity contribution in [2.75, 3.05) is 6.54 Å². The second-order valence-electron chi connectivity index (χ2n) is 4.79. The van der Waals surface area contributed by atoms with Gasteiger partial charge < -0.3 is 5.32 Å². The summed E-state index contributed by atoms with van der Waals surface area (Å²) in [4.78, 5) is 0. The number of hydrogen-bond donors (Lipinski definition) is 1. The highest BCUT2D eigenvalue weighted by Crippen LogP contribution is 2.26. The summed E-state index contributed by atoms with van der Waals surface area (Å²) in [5, 5.41) is 3.93. The Morgan fingerprint density at radius 2 is 1.76 bits per heavy atom. The van der Waals surface area contributed by atoms with Gasteiger partial charge in [0.2, 0.25) is 0 Å². The Morgan fingerprint density at radius 1 is 1.10 bits per heavy atom. The van der Waals surface area contributed by atoms with Crippen LogP contribution in [-0.4, -0.2) is 6.54 Å². The molecule has 0 saturated heterocycles. The maximum Gasteiger partial charge on any atom is 0.126 e. The van der Waals surface area contributed by atoms with Gasteiger partial charge in [0.1, 0.15) is 11.6 Å². The summed E-state index contributed by atoms with van der Waals surface area (Å²) in [6.45, 7) is 2.73. The molecule has 2 rings (SSSR count). The molecule has 0 aliphatic heterocycles. The minimum atomic E-state index is -0.562. The highest BCUT2D eigenvalue weighted by molar-refractivity contribution is 9.10. The minimum absolute atomic E-state index is 0.0637. The maximum atomic E-state index is 13.3. The van der Waals surface area contributed by atoms with Crippen molar-refractivity contribution >= 4 is 27.5 Å². The maximum absolute atomic E-state index is 13.3. The van der Waals surface area contributed by atoms with Crippen LogP contribution in [0.3, 0.4) is 0 Å². The topological polar surface area (TPSA) is 12.0 Å². The van der Waals surface area contributed by atoms with Crippen LogP contribution in [0.4, 0.5) is 8.78 Å². The largest absolute Gasteiger partial charge is 0.310 e. The van der Waals surface area contributed by atoms with Crippen molar-refractivity contribution in [3.8, 4) is 0 Å². The van der Waals surface area contributed by atoms with E-state index in [4.69, 9.17) is 11.6 Å². The molecule has 0 aliphatic carbocycles. The van der Waals surface area contributed by atoms with Gasteiger partial charge in [-0.3, -0.25) is 0 Å². The zero-order valence-electron chi connectivity index (χ0n) is 11.5. The van der Waals surface area contributed by atoms with Crippen LogP contribution in [0.2, 0.25) is 5.02 Å². The van der Waals surface area contributed by atoms with Crippen LogP contribution in [0, 0.1) is 11.6 Å². The minimum Gasteiger partial charge on any atom is -0.310 e. The van der Waals surface area contributed by atoms with Gasteiger partial charge in [-0.1, -0.05) is 34.5 Å². The summed E-state index contributed by atoms with van der Waals surface area (Å²) in [5.41, 5.74) is 1.58. The van der Waals surface area contributed by atoms with Gasteiger partial charge in [0, 0.05) is 21.6 Å². The van der Waals surface area contributed by atoms with Crippen LogP contribution >= 0.6 is 27.5 Å². The highest BCUT2D eigenvalue weighted by atomic mass is 79.9. The first-order valence-corrected chi connectivity index (χ1v) is 7.79. The van der Waals surface area contributed by atoms with Crippen LogP contribution in [0.15, 0.2) is 40.9 Å². The van der Waals surface area contributed by atoms with Crippen LogP contribution < -0.4 is 5.32 Å². The number of hydrogen-bond acceptors (Lipinski definition) is 1. The molecule has 0 aliphatic rings. The predicted molar refractivity (Wildman–Crippen MR) is 85.6 cm³/mol. The predicted octanol–water partition coefficient (Wildman–Crippen LogP) is 5.27. The number of likely N-dealkylation sites (N-methyl/N-ethyl adjacent to an activating group) is 1. The number of benzene rings is 2. The molecule has 1 atom stereocenters. The quantitative estimate of drug-likeness (QED) is 0.751. The zero-order chi connectivity index (χ0) is 15.4. The van der Waals surface area contributed by atoms with Crippen molar-refractivity contribution in [3.05, 3.63) is 68.7 Å². The molecule has 1 unspecified atom stereocenters. The fraction of sp³-hybridized carbons (Fsp3) is 0.250. The summed E-state index contributed by atoms with van der Waals surface area (Å²) in [7, 11) is 0. The van der Waals surface area contributed by atoms with E-state index >= 15 is 0 Å². The molecular formula is C16H15BrClF2N. The molecule has 0 heterocycles. The Kier molecular flexibility index (Phi) is 5.73. The van der Waals surface area contributed by atoms with Gasteiger partial charge in [-0.2, -0.15) is 0 Å². The van der Waals surface area contributed by atoms with Gasteiger partial charge >= 0.3 is 0 Å². The lowest BCUT2D eigenvalue weighted by molar-refractivity contribution is 0.539. The van der Waals surface area contributed by atoms with Crippen molar-refractivity contribution in [1.82, 2.24) is 5.32 Å². The second-order valence-corrected chi connectivity index (χ2v) is 6.15. The first-order chi connectivity index (χ1) is 9.97. The Balaban J connectivity index is 2.30. The lowest BCUT2D eigenvalue weighted by Crippen LogP contribution is -2.23. The van der Waals surface area contributed by atoms with E-state index in [1.54, 1.807) is 6.07 Å². The molecule has 1 nitrogen and oxygen atoms in total. The number of nitrogens with one attached hydrogen (secondary N) is 1. The van der Waals surface area contributed by atoms with Gasteiger partial charge in [-0.15, -0.1) is 0 Å². The van der Waals surface area contributed by atoms with E-state index in [1.165, 1.54) is 12.1 Å². The Labute approximate surface area is 136 Å². The summed E-state index contributed by atoms with van der Waals surface area (Å²) < 4.78 is 27.5. The molecule has 2 aromatic carbocycles. The summed E-state index contributed by atoms with van der Waals surface area (Å²) >= 11 is 9.48. The average Bonchev–Trinajstić information content (AvgIpc) is 2.35. The van der Waals surface area contributed by atoms with Crippen LogP contribution in [0.5, 0.6) is 0 Å². The molecule has 112 valence electrons. The third-order valence-corrected chi connectivity index (χ3v) is 3.78. The molecule has 0 radical (unpaired) electrons. The fourth-order valence-electron chi connectivity index (χ4n) is 2.30. The molecule has 21 heavy (non-hydrogen) atoms. The Hall–Kier alpha value is -0.970. The van der Waals surface area contributed by atoms with Crippen molar-refractivity contribution in [1.29, 1.82) is 0 Å². The molecule has 0 spiro atoms. The van der Waals surface area contributed by atoms with E-state index in [1.807, 2.05) is 19.1 Å². The first-order valence-electron chi connectivity index (χ1n) is 6.62. The standard InChI is InChI=1S/C16H15BrClF2N/c1-2-21-16(11-6-12(17)8-13(18)7-11)5-10-3-14(19)9-15(20)4-10/h3-4,6-9,16,21H,2,5H2,1H3. The van der Waals surface area contributed by atoms with Gasteiger partial charge in [-0.25, -0.2) is 8.78 Å². The van der Waals surface area contributed by atoms with Crippen LogP contribution in [0.25, 0.3) is 0 Å². The molecule has 2 aromatic rings. The van der Waals surface area contributed by atoms with Gasteiger partial charge in [0.25, 0.3) is 0 Å². The van der Waals surface area contributed by atoms with Crippen LogP contribution in [0.1, 0.15) is 24.1 Å². The van der Waals surface area contributed by atoms with Crippen molar-refractivity contribution < 1.29 is 8.78 Å². The number of halogens is 4. The SMILES string of the molecule is CCNC(Cc1cc(F)cc(F)c1)c1cc(Cl)cc(Br)c1. The van der Waals surface area contributed by atoms with Crippen LogP contribution in [-0.2, 0) is 6.42 Å². The molecular weight excluding hydrogens is 360 g/mol. The van der Waals surface area contributed by atoms with E-state index in [9.17, 15) is 8.78 Å². The first kappa shape index (κ1) is 16.4. The summed E-state index contributed by atoms with van der Waals surface area (Å²) in [6, 6.07) is 9.13. The highest BCUT2D eigenvalue weighted by Gasteiger charge is 2.14. The van der Waals surface area contributed by atoms with Crippen molar-refractivity contribution in [3.63, 3.8) is 0 Å². The van der Waals surface area contributed by atoms with E-state index in [-0.39, 0.29) is 6.04 Å². The van der Waals surface area contributed by atoms with Crippen molar-refractivity contribution in [2.24, 2.45) is 0 Å². The van der Waals surface area contributed by atoms with Gasteiger partial charge in [0.05, 0.1) is 0 Å². The van der Waals surface area contributed by atoms with Gasteiger partial charge in [-0.05, 0) is 54.4 Å². The van der Waals surface area contributed by atoms with E-state index in [2.05, 4.69) is 21.2 Å². The fourth-order valence-corrected chi connectivity index (χ4v) is 3.18. The third kappa shape index (κ3) is 4.77. The van der Waals surface area contributed by atoms with Crippen molar-refractivity contribution in [2.45, 2.75) is 19.4 Å². The molecule has 0 fully saturated rings. The zero-order valence-corrected chi connectivity index (χ0v) is 13.8. The molecule has 0 bridgehead atoms. The number of rotatable bonds is 5. The van der Waals surface area contributed by atoms with E-state index < -0.39 is 11.6 Å². The van der Waals surface area contributed by atoms with E-state index in [0.29, 0.717) is 17.0 Å². The lowest BCUT2D eigenvalue weighted by Gasteiger charge is -2.19. The molecule has 0 amide bonds. The summed E-state index contributed by atoms with van der Waals surface area (Å²) in [6.07, 6.45) is 0.481. The second kappa shape index (κ2) is 7.34. The average molecular weight is 375 g/mol.